The predicted molar refractivity (Wildman–Crippen MR) is 85.2 cm³/mol. The number of imidazole rings is 1. The zero-order valence-corrected chi connectivity index (χ0v) is 14.0. The third-order valence-corrected chi connectivity index (χ3v) is 3.84. The highest BCUT2D eigenvalue weighted by Gasteiger charge is 2.24. The maximum Gasteiger partial charge on any atom is 0.198 e. The van der Waals surface area contributed by atoms with Gasteiger partial charge in [0.2, 0.25) is 0 Å². The lowest BCUT2D eigenvalue weighted by Gasteiger charge is -2.21. The van der Waals surface area contributed by atoms with Gasteiger partial charge in [-0.3, -0.25) is 0 Å². The fraction of sp³-hybridized carbons (Fsp3) is 0.462. The van der Waals surface area contributed by atoms with Crippen molar-refractivity contribution in [3.05, 3.63) is 21.7 Å². The lowest BCUT2D eigenvalue weighted by atomic mass is 9.92. The van der Waals surface area contributed by atoms with Crippen molar-refractivity contribution in [2.75, 3.05) is 12.4 Å². The second-order valence-corrected chi connectivity index (χ2v) is 6.50. The Hall–Kier alpha value is -1.18. The van der Waals surface area contributed by atoms with E-state index >= 15 is 0 Å². The van der Waals surface area contributed by atoms with Crippen molar-refractivity contribution in [2.45, 2.75) is 26.2 Å². The van der Waals surface area contributed by atoms with Crippen molar-refractivity contribution in [1.29, 1.82) is 0 Å². The molecule has 0 aliphatic carbocycles. The number of hydrogen-bond donors (Lipinski definition) is 1. The van der Waals surface area contributed by atoms with Gasteiger partial charge in [0.15, 0.2) is 11.6 Å². The van der Waals surface area contributed by atoms with Crippen LogP contribution in [0.5, 0.6) is 0 Å². The number of nitrogens with one attached hydrogen (secondary N) is 1. The fourth-order valence-electron chi connectivity index (χ4n) is 1.79. The minimum absolute atomic E-state index is 0.0367. The van der Waals surface area contributed by atoms with Crippen LogP contribution in [0.3, 0.4) is 0 Å². The average molecular weight is 371 g/mol. The first kappa shape index (κ1) is 14.2. The van der Waals surface area contributed by atoms with E-state index in [1.807, 2.05) is 24.9 Å². The smallest absolute Gasteiger partial charge is 0.198 e. The molecular weight excluding hydrogens is 353 g/mol. The quantitative estimate of drug-likeness (QED) is 0.825. The van der Waals surface area contributed by atoms with Gasteiger partial charge in [-0.15, -0.1) is 0 Å². The Morgan fingerprint density at radius 2 is 1.95 bits per heavy atom. The van der Waals surface area contributed by atoms with Crippen LogP contribution in [0.15, 0.2) is 12.4 Å². The Kier molecular flexibility index (Phi) is 3.80. The first-order valence-corrected chi connectivity index (χ1v) is 7.16. The van der Waals surface area contributed by atoms with Gasteiger partial charge < -0.3 is 9.88 Å². The van der Waals surface area contributed by atoms with Gasteiger partial charge in [0, 0.05) is 31.9 Å². The molecule has 0 aliphatic rings. The topological polar surface area (TPSA) is 55.6 Å². The summed E-state index contributed by atoms with van der Waals surface area (Å²) in [5.41, 5.74) is 0.996. The van der Waals surface area contributed by atoms with Crippen molar-refractivity contribution in [3.8, 4) is 11.6 Å². The second kappa shape index (κ2) is 5.07. The molecule has 1 N–H and O–H groups in total. The van der Waals surface area contributed by atoms with Crippen LogP contribution in [0.4, 0.5) is 5.82 Å². The van der Waals surface area contributed by atoms with Gasteiger partial charge in [-0.1, -0.05) is 20.8 Å². The lowest BCUT2D eigenvalue weighted by molar-refractivity contribution is 0.563. The van der Waals surface area contributed by atoms with Crippen LogP contribution in [-0.4, -0.2) is 26.6 Å². The van der Waals surface area contributed by atoms with E-state index in [0.29, 0.717) is 5.82 Å². The number of halogens is 1. The summed E-state index contributed by atoms with van der Waals surface area (Å²) in [5, 5.41) is 3.13. The highest BCUT2D eigenvalue weighted by atomic mass is 127. The summed E-state index contributed by atoms with van der Waals surface area (Å²) < 4.78 is 2.99. The van der Waals surface area contributed by atoms with Gasteiger partial charge in [-0.2, -0.15) is 0 Å². The second-order valence-electron chi connectivity index (χ2n) is 5.42. The number of aromatic nitrogens is 4. The molecule has 0 aromatic carbocycles. The summed E-state index contributed by atoms with van der Waals surface area (Å²) in [4.78, 5) is 13.6. The minimum Gasteiger partial charge on any atom is -0.372 e. The number of nitrogens with zero attached hydrogens (tertiary/aromatic N) is 4. The van der Waals surface area contributed by atoms with Crippen molar-refractivity contribution in [1.82, 2.24) is 19.5 Å². The first-order chi connectivity index (χ1) is 8.84. The SMILES string of the molecule is CNc1nc(-c2nccn2C)nc(C(C)(C)C)c1I. The van der Waals surface area contributed by atoms with Crippen LogP contribution in [0, 0.1) is 3.57 Å². The standard InChI is InChI=1S/C13H18IN5/c1-13(2,3)9-8(14)10(15-4)18-11(17-9)12-16-6-7-19(12)5/h6-7H,1-5H3,(H,15,17,18). The van der Waals surface area contributed by atoms with Crippen molar-refractivity contribution < 1.29 is 0 Å². The molecule has 2 heterocycles. The molecular formula is C13H18IN5. The zero-order chi connectivity index (χ0) is 14.2. The summed E-state index contributed by atoms with van der Waals surface area (Å²) in [7, 11) is 3.82. The van der Waals surface area contributed by atoms with E-state index in [-0.39, 0.29) is 5.41 Å². The Labute approximate surface area is 127 Å². The van der Waals surface area contributed by atoms with Crippen molar-refractivity contribution in [3.63, 3.8) is 0 Å². The molecule has 0 bridgehead atoms. The molecule has 0 saturated heterocycles. The van der Waals surface area contributed by atoms with Crippen LogP contribution >= 0.6 is 22.6 Å². The number of anilines is 1. The Bertz CT molecular complexity index is 598. The van der Waals surface area contributed by atoms with E-state index in [0.717, 1.165) is 20.9 Å². The molecule has 6 heteroatoms. The Morgan fingerprint density at radius 3 is 2.42 bits per heavy atom. The van der Waals surface area contributed by atoms with Gasteiger partial charge in [0.05, 0.1) is 9.26 Å². The van der Waals surface area contributed by atoms with E-state index in [4.69, 9.17) is 4.98 Å². The molecule has 2 rings (SSSR count). The highest BCUT2D eigenvalue weighted by Crippen LogP contribution is 2.30. The van der Waals surface area contributed by atoms with Crippen LogP contribution < -0.4 is 5.32 Å². The molecule has 0 spiro atoms. The highest BCUT2D eigenvalue weighted by molar-refractivity contribution is 14.1. The molecule has 2 aromatic heterocycles. The molecule has 102 valence electrons. The van der Waals surface area contributed by atoms with Gasteiger partial charge in [0.1, 0.15) is 5.82 Å². The van der Waals surface area contributed by atoms with E-state index in [1.54, 1.807) is 6.20 Å². The molecule has 0 atom stereocenters. The summed E-state index contributed by atoms with van der Waals surface area (Å²) >= 11 is 2.29. The normalized spacial score (nSPS) is 11.7. The maximum absolute atomic E-state index is 4.71. The predicted octanol–water partition coefficient (Wildman–Crippen LogP) is 2.82. The molecule has 0 aliphatic heterocycles. The Balaban J connectivity index is 2.68. The monoisotopic (exact) mass is 371 g/mol. The summed E-state index contributed by atoms with van der Waals surface area (Å²) in [5.74, 6) is 2.28. The molecule has 0 unspecified atom stereocenters. The van der Waals surface area contributed by atoms with Crippen molar-refractivity contribution in [2.24, 2.45) is 7.05 Å². The zero-order valence-electron chi connectivity index (χ0n) is 11.8. The van der Waals surface area contributed by atoms with Crippen LogP contribution in [-0.2, 0) is 12.5 Å². The third-order valence-electron chi connectivity index (χ3n) is 2.82. The van der Waals surface area contributed by atoms with Crippen molar-refractivity contribution >= 4 is 28.4 Å². The summed E-state index contributed by atoms with van der Waals surface area (Å²) in [6.45, 7) is 6.46. The van der Waals surface area contributed by atoms with Crippen LogP contribution in [0.1, 0.15) is 26.5 Å². The van der Waals surface area contributed by atoms with E-state index in [9.17, 15) is 0 Å². The first-order valence-electron chi connectivity index (χ1n) is 6.08. The molecule has 0 fully saturated rings. The van der Waals surface area contributed by atoms with E-state index in [1.165, 1.54) is 0 Å². The van der Waals surface area contributed by atoms with Gasteiger partial charge in [-0.05, 0) is 22.6 Å². The van der Waals surface area contributed by atoms with E-state index in [2.05, 4.69) is 58.6 Å². The molecule has 2 aromatic rings. The number of rotatable bonds is 2. The third kappa shape index (κ3) is 2.72. The van der Waals surface area contributed by atoms with Gasteiger partial charge in [0.25, 0.3) is 0 Å². The molecule has 19 heavy (non-hydrogen) atoms. The molecule has 0 radical (unpaired) electrons. The molecule has 0 saturated carbocycles. The van der Waals surface area contributed by atoms with Gasteiger partial charge in [-0.25, -0.2) is 15.0 Å². The number of aryl methyl sites for hydroxylation is 1. The summed E-state index contributed by atoms with van der Waals surface area (Å²) in [6, 6.07) is 0. The molecule has 0 amide bonds. The van der Waals surface area contributed by atoms with E-state index < -0.39 is 0 Å². The summed E-state index contributed by atoms with van der Waals surface area (Å²) in [6.07, 6.45) is 3.65. The maximum atomic E-state index is 4.71. The fourth-order valence-corrected chi connectivity index (χ4v) is 3.11. The number of hydrogen-bond acceptors (Lipinski definition) is 4. The Morgan fingerprint density at radius 1 is 1.26 bits per heavy atom. The average Bonchev–Trinajstić information content (AvgIpc) is 2.74. The minimum atomic E-state index is -0.0367. The van der Waals surface area contributed by atoms with Gasteiger partial charge >= 0.3 is 0 Å². The lowest BCUT2D eigenvalue weighted by Crippen LogP contribution is -2.19. The largest absolute Gasteiger partial charge is 0.372 e. The van der Waals surface area contributed by atoms with Crippen LogP contribution in [0.2, 0.25) is 0 Å². The molecule has 5 nitrogen and oxygen atoms in total. The van der Waals surface area contributed by atoms with Crippen LogP contribution in [0.25, 0.3) is 11.6 Å².